The minimum Gasteiger partial charge on any atom is -0.481 e. The Kier molecular flexibility index (Phi) is 5.16. The number of rotatable bonds is 6. The van der Waals surface area contributed by atoms with Gasteiger partial charge in [0, 0.05) is 12.6 Å². The SMILES string of the molecule is CCCNC(=O)C(C)Nc1cc(OC)nc(N)n1. The molecule has 0 saturated carbocycles. The van der Waals surface area contributed by atoms with Gasteiger partial charge in [0.25, 0.3) is 0 Å². The zero-order valence-corrected chi connectivity index (χ0v) is 10.9. The number of ether oxygens (including phenoxy) is 1. The number of nitrogen functional groups attached to an aromatic ring is 1. The van der Waals surface area contributed by atoms with Gasteiger partial charge in [0.1, 0.15) is 11.9 Å². The molecule has 1 amide bonds. The van der Waals surface area contributed by atoms with Crippen molar-refractivity contribution in [3.63, 3.8) is 0 Å². The molecule has 18 heavy (non-hydrogen) atoms. The highest BCUT2D eigenvalue weighted by atomic mass is 16.5. The zero-order chi connectivity index (χ0) is 13.5. The number of hydrogen-bond acceptors (Lipinski definition) is 6. The topological polar surface area (TPSA) is 102 Å². The molecule has 1 unspecified atom stereocenters. The quantitative estimate of drug-likeness (QED) is 0.678. The van der Waals surface area contributed by atoms with Gasteiger partial charge in [-0.05, 0) is 13.3 Å². The Balaban J connectivity index is 2.66. The second kappa shape index (κ2) is 6.63. The first kappa shape index (κ1) is 14.0. The van der Waals surface area contributed by atoms with Gasteiger partial charge in [0.15, 0.2) is 0 Å². The minimum atomic E-state index is -0.407. The van der Waals surface area contributed by atoms with E-state index in [1.165, 1.54) is 7.11 Å². The summed E-state index contributed by atoms with van der Waals surface area (Å²) in [5.41, 5.74) is 5.52. The molecule has 1 heterocycles. The molecule has 1 aromatic heterocycles. The normalized spacial score (nSPS) is 11.7. The van der Waals surface area contributed by atoms with Crippen LogP contribution in [0.4, 0.5) is 11.8 Å². The number of hydrogen-bond donors (Lipinski definition) is 3. The summed E-state index contributed by atoms with van der Waals surface area (Å²) in [6.45, 7) is 4.39. The second-order valence-corrected chi connectivity index (χ2v) is 3.81. The lowest BCUT2D eigenvalue weighted by Crippen LogP contribution is -2.38. The Hall–Kier alpha value is -2.05. The first-order valence-electron chi connectivity index (χ1n) is 5.79. The Labute approximate surface area is 106 Å². The van der Waals surface area contributed by atoms with Crippen molar-refractivity contribution in [1.29, 1.82) is 0 Å². The number of nitrogens with one attached hydrogen (secondary N) is 2. The number of aromatic nitrogens is 2. The monoisotopic (exact) mass is 253 g/mol. The standard InChI is InChI=1S/C11H19N5O2/c1-4-5-13-10(17)7(2)14-8-6-9(18-3)16-11(12)15-8/h6-7H,4-5H2,1-3H3,(H,13,17)(H3,12,14,15,16). The molecule has 0 saturated heterocycles. The highest BCUT2D eigenvalue weighted by Crippen LogP contribution is 2.14. The highest BCUT2D eigenvalue weighted by Gasteiger charge is 2.13. The fourth-order valence-corrected chi connectivity index (χ4v) is 1.31. The number of nitrogens with two attached hydrogens (primary N) is 1. The van der Waals surface area contributed by atoms with E-state index in [4.69, 9.17) is 10.5 Å². The molecule has 0 aliphatic heterocycles. The molecule has 0 fully saturated rings. The van der Waals surface area contributed by atoms with Crippen LogP contribution < -0.4 is 21.1 Å². The van der Waals surface area contributed by atoms with E-state index in [2.05, 4.69) is 20.6 Å². The maximum atomic E-state index is 11.7. The van der Waals surface area contributed by atoms with Gasteiger partial charge >= 0.3 is 0 Å². The molecular weight excluding hydrogens is 234 g/mol. The van der Waals surface area contributed by atoms with Crippen molar-refractivity contribution in [3.8, 4) is 5.88 Å². The number of anilines is 2. The van der Waals surface area contributed by atoms with E-state index in [-0.39, 0.29) is 11.9 Å². The van der Waals surface area contributed by atoms with Crippen LogP contribution in [0, 0.1) is 0 Å². The molecule has 100 valence electrons. The summed E-state index contributed by atoms with van der Waals surface area (Å²) in [6, 6.07) is 1.18. The Morgan fingerprint density at radius 3 is 2.89 bits per heavy atom. The summed E-state index contributed by atoms with van der Waals surface area (Å²) in [5.74, 6) is 0.815. The molecule has 0 spiro atoms. The van der Waals surface area contributed by atoms with Crippen LogP contribution in [0.3, 0.4) is 0 Å². The van der Waals surface area contributed by atoms with Gasteiger partial charge in [-0.2, -0.15) is 9.97 Å². The molecule has 0 radical (unpaired) electrons. The van der Waals surface area contributed by atoms with Crippen molar-refractivity contribution in [3.05, 3.63) is 6.07 Å². The molecule has 1 atom stereocenters. The maximum absolute atomic E-state index is 11.7. The molecule has 1 aromatic rings. The van der Waals surface area contributed by atoms with Crippen LogP contribution in [0.25, 0.3) is 0 Å². The lowest BCUT2D eigenvalue weighted by Gasteiger charge is -2.14. The van der Waals surface area contributed by atoms with Crippen LogP contribution in [-0.2, 0) is 4.79 Å². The molecular formula is C11H19N5O2. The number of carbonyl (C=O) groups is 1. The van der Waals surface area contributed by atoms with E-state index >= 15 is 0 Å². The summed E-state index contributed by atoms with van der Waals surface area (Å²) in [7, 11) is 1.49. The van der Waals surface area contributed by atoms with Crippen molar-refractivity contribution in [2.45, 2.75) is 26.3 Å². The smallest absolute Gasteiger partial charge is 0.242 e. The third-order valence-electron chi connectivity index (χ3n) is 2.24. The van der Waals surface area contributed by atoms with Gasteiger partial charge < -0.3 is 21.1 Å². The molecule has 4 N–H and O–H groups in total. The van der Waals surface area contributed by atoms with Crippen LogP contribution in [-0.4, -0.2) is 35.6 Å². The molecule has 0 aliphatic carbocycles. The van der Waals surface area contributed by atoms with Gasteiger partial charge in [-0.3, -0.25) is 4.79 Å². The minimum absolute atomic E-state index is 0.0898. The van der Waals surface area contributed by atoms with E-state index in [1.807, 2.05) is 6.92 Å². The van der Waals surface area contributed by atoms with Crippen molar-refractivity contribution < 1.29 is 9.53 Å². The average Bonchev–Trinajstić information content (AvgIpc) is 2.34. The summed E-state index contributed by atoms with van der Waals surface area (Å²) >= 11 is 0. The Bertz CT molecular complexity index is 410. The van der Waals surface area contributed by atoms with Crippen LogP contribution >= 0.6 is 0 Å². The Morgan fingerprint density at radius 2 is 2.28 bits per heavy atom. The lowest BCUT2D eigenvalue weighted by molar-refractivity contribution is -0.121. The van der Waals surface area contributed by atoms with Gasteiger partial charge in [-0.1, -0.05) is 6.92 Å². The van der Waals surface area contributed by atoms with Crippen molar-refractivity contribution >= 4 is 17.7 Å². The van der Waals surface area contributed by atoms with Crippen molar-refractivity contribution in [2.24, 2.45) is 0 Å². The van der Waals surface area contributed by atoms with Crippen LogP contribution in [0.15, 0.2) is 6.07 Å². The summed E-state index contributed by atoms with van der Waals surface area (Å²) in [5, 5.41) is 5.73. The highest BCUT2D eigenvalue weighted by molar-refractivity contribution is 5.83. The lowest BCUT2D eigenvalue weighted by atomic mass is 10.3. The van der Waals surface area contributed by atoms with Gasteiger partial charge in [-0.25, -0.2) is 0 Å². The van der Waals surface area contributed by atoms with Crippen LogP contribution in [0.2, 0.25) is 0 Å². The number of carbonyl (C=O) groups excluding carboxylic acids is 1. The van der Waals surface area contributed by atoms with Crippen molar-refractivity contribution in [2.75, 3.05) is 24.7 Å². The third kappa shape index (κ3) is 4.08. The summed E-state index contributed by atoms with van der Waals surface area (Å²) in [6.07, 6.45) is 0.896. The number of amides is 1. The van der Waals surface area contributed by atoms with E-state index in [1.54, 1.807) is 13.0 Å². The van der Waals surface area contributed by atoms with Crippen molar-refractivity contribution in [1.82, 2.24) is 15.3 Å². The van der Waals surface area contributed by atoms with E-state index in [9.17, 15) is 4.79 Å². The van der Waals surface area contributed by atoms with E-state index in [0.29, 0.717) is 18.2 Å². The molecule has 1 rings (SSSR count). The first-order chi connectivity index (χ1) is 8.56. The summed E-state index contributed by atoms with van der Waals surface area (Å²) in [4.78, 5) is 19.5. The van der Waals surface area contributed by atoms with E-state index < -0.39 is 6.04 Å². The predicted octanol–water partition coefficient (Wildman–Crippen LogP) is 0.394. The van der Waals surface area contributed by atoms with Gasteiger partial charge in [0.2, 0.25) is 17.7 Å². The maximum Gasteiger partial charge on any atom is 0.242 e. The first-order valence-corrected chi connectivity index (χ1v) is 5.79. The molecule has 7 heteroatoms. The third-order valence-corrected chi connectivity index (χ3v) is 2.24. The van der Waals surface area contributed by atoms with E-state index in [0.717, 1.165) is 6.42 Å². The predicted molar refractivity (Wildman–Crippen MR) is 69.4 cm³/mol. The molecule has 0 bridgehead atoms. The Morgan fingerprint density at radius 1 is 1.56 bits per heavy atom. The second-order valence-electron chi connectivity index (χ2n) is 3.81. The fourth-order valence-electron chi connectivity index (χ4n) is 1.31. The number of nitrogens with zero attached hydrogens (tertiary/aromatic N) is 2. The fraction of sp³-hybridized carbons (Fsp3) is 0.545. The average molecular weight is 253 g/mol. The van der Waals surface area contributed by atoms with Gasteiger partial charge in [-0.15, -0.1) is 0 Å². The molecule has 0 aliphatic rings. The largest absolute Gasteiger partial charge is 0.481 e. The molecule has 7 nitrogen and oxygen atoms in total. The van der Waals surface area contributed by atoms with Crippen LogP contribution in [0.5, 0.6) is 5.88 Å². The number of methoxy groups -OCH3 is 1. The van der Waals surface area contributed by atoms with Gasteiger partial charge in [0.05, 0.1) is 7.11 Å². The summed E-state index contributed by atoms with van der Waals surface area (Å²) < 4.78 is 4.97. The molecule has 0 aromatic carbocycles. The zero-order valence-electron chi connectivity index (χ0n) is 10.9. The van der Waals surface area contributed by atoms with Crippen LogP contribution in [0.1, 0.15) is 20.3 Å².